The molecule has 0 aromatic heterocycles. The minimum Gasteiger partial charge on any atom is -0.269 e. The molecule has 0 fully saturated rings. The van der Waals surface area contributed by atoms with Crippen LogP contribution in [-0.2, 0) is 39.0 Å². The van der Waals surface area contributed by atoms with Gasteiger partial charge in [-0.1, -0.05) is 87.4 Å². The first-order valence-corrected chi connectivity index (χ1v) is 14.9. The van der Waals surface area contributed by atoms with Crippen LogP contribution in [0.15, 0.2) is 96.1 Å². The van der Waals surface area contributed by atoms with Gasteiger partial charge < -0.3 is 0 Å². The van der Waals surface area contributed by atoms with Gasteiger partial charge in [-0.3, -0.25) is 12.2 Å². The van der Waals surface area contributed by atoms with E-state index in [1.54, 1.807) is 11.1 Å². The first-order chi connectivity index (χ1) is 18.8. The Labute approximate surface area is 256 Å². The van der Waals surface area contributed by atoms with Gasteiger partial charge in [0.25, 0.3) is 0 Å². The molecule has 2 aromatic carbocycles. The average molecular weight is 590 g/mol. The summed E-state index contributed by atoms with van der Waals surface area (Å²) in [5.41, 5.74) is 11.9. The zero-order valence-electron chi connectivity index (χ0n) is 23.8. The molecule has 6 rings (SSSR count). The van der Waals surface area contributed by atoms with Crippen LogP contribution in [0.3, 0.4) is 0 Å². The molecule has 0 spiro atoms. The van der Waals surface area contributed by atoms with E-state index in [1.165, 1.54) is 71.9 Å². The van der Waals surface area contributed by atoms with Crippen molar-refractivity contribution in [1.82, 2.24) is 0 Å². The third-order valence-corrected chi connectivity index (χ3v) is 8.70. The summed E-state index contributed by atoms with van der Waals surface area (Å²) in [7, 11) is 0. The molecule has 198 valence electrons. The fraction of sp³-hybridized carbons (Fsp3) is 0.368. The summed E-state index contributed by atoms with van der Waals surface area (Å²) in [5.74, 6) is 1.37. The number of benzene rings is 2. The van der Waals surface area contributed by atoms with Crippen LogP contribution in [0.1, 0.15) is 87.5 Å². The van der Waals surface area contributed by atoms with Crippen molar-refractivity contribution in [3.05, 3.63) is 131 Å². The molecule has 0 saturated carbocycles. The van der Waals surface area contributed by atoms with E-state index in [0.717, 1.165) is 25.7 Å². The van der Waals surface area contributed by atoms with E-state index in [9.17, 15) is 0 Å². The van der Waals surface area contributed by atoms with Crippen LogP contribution >= 0.6 is 0 Å². The maximum atomic E-state index is 3.49. The summed E-state index contributed by atoms with van der Waals surface area (Å²) in [6, 6.07) is 17.7. The van der Waals surface area contributed by atoms with Crippen LogP contribution < -0.4 is 0 Å². The quantitative estimate of drug-likeness (QED) is 0.242. The number of hydrogen-bond acceptors (Lipinski definition) is 0. The molecule has 1 heteroatoms. The van der Waals surface area contributed by atoms with Crippen molar-refractivity contribution in [3.63, 3.8) is 0 Å². The van der Waals surface area contributed by atoms with E-state index >= 15 is 0 Å². The summed E-state index contributed by atoms with van der Waals surface area (Å²) in [4.78, 5) is 0. The summed E-state index contributed by atoms with van der Waals surface area (Å²) in [6.45, 7) is 4.59. The number of hydrogen-bond donors (Lipinski definition) is 0. The molecule has 0 N–H and O–H groups in total. The van der Waals surface area contributed by atoms with E-state index in [0.29, 0.717) is 11.8 Å². The van der Waals surface area contributed by atoms with Crippen LogP contribution in [0.2, 0.25) is 0 Å². The molecule has 4 aliphatic rings. The van der Waals surface area contributed by atoms with Crippen LogP contribution in [0.5, 0.6) is 0 Å². The maximum Gasteiger partial charge on any atom is 2.00 e. The fourth-order valence-electron chi connectivity index (χ4n) is 6.41. The minimum atomic E-state index is 0. The van der Waals surface area contributed by atoms with E-state index in [1.807, 2.05) is 0 Å². The van der Waals surface area contributed by atoms with Crippen molar-refractivity contribution >= 4 is 11.1 Å². The minimum absolute atomic E-state index is 0. The molecular weight excluding hydrogens is 548 g/mol. The number of rotatable bonds is 10. The van der Waals surface area contributed by atoms with Gasteiger partial charge in [-0.05, 0) is 83.8 Å². The fourth-order valence-corrected chi connectivity index (χ4v) is 6.41. The Morgan fingerprint density at radius 3 is 1.46 bits per heavy atom. The maximum absolute atomic E-state index is 3.49. The van der Waals surface area contributed by atoms with Crippen molar-refractivity contribution in [2.24, 2.45) is 11.8 Å². The van der Waals surface area contributed by atoms with Gasteiger partial charge in [0.1, 0.15) is 0 Å². The van der Waals surface area contributed by atoms with Crippen LogP contribution in [0.4, 0.5) is 0 Å². The van der Waals surface area contributed by atoms with Crippen molar-refractivity contribution in [1.29, 1.82) is 0 Å². The molecule has 39 heavy (non-hydrogen) atoms. The summed E-state index contributed by atoms with van der Waals surface area (Å²) in [5, 5.41) is 0. The second kappa shape index (κ2) is 15.0. The molecule has 0 bridgehead atoms. The largest absolute Gasteiger partial charge is 2.00 e. The van der Waals surface area contributed by atoms with Crippen LogP contribution in [0, 0.1) is 24.0 Å². The van der Waals surface area contributed by atoms with Gasteiger partial charge in [0.2, 0.25) is 0 Å². The van der Waals surface area contributed by atoms with Crippen molar-refractivity contribution in [2.45, 2.75) is 78.1 Å². The Balaban J connectivity index is 0.000000176. The Morgan fingerprint density at radius 1 is 0.641 bits per heavy atom. The number of allylic oxidation sites excluding steroid dienone is 12. The Bertz CT molecular complexity index is 1190. The number of fused-ring (bicyclic) bond motifs is 2. The molecule has 0 nitrogen and oxygen atoms in total. The van der Waals surface area contributed by atoms with Gasteiger partial charge in [-0.25, -0.2) is 23.3 Å². The van der Waals surface area contributed by atoms with Gasteiger partial charge in [0.05, 0.1) is 0 Å². The Kier molecular flexibility index (Phi) is 11.4. The van der Waals surface area contributed by atoms with E-state index in [4.69, 9.17) is 0 Å². The molecule has 0 radical (unpaired) electrons. The molecular formula is C38H42Zr. The zero-order chi connectivity index (χ0) is 26.2. The van der Waals surface area contributed by atoms with Gasteiger partial charge in [-0.15, -0.1) is 12.8 Å². The predicted molar refractivity (Wildman–Crippen MR) is 163 cm³/mol. The molecule has 2 atom stereocenters. The second-order valence-corrected chi connectivity index (χ2v) is 10.9. The zero-order valence-corrected chi connectivity index (χ0v) is 26.3. The van der Waals surface area contributed by atoms with Crippen LogP contribution in [0.25, 0.3) is 11.1 Å². The molecule has 2 aromatic rings. The monoisotopic (exact) mass is 588 g/mol. The van der Waals surface area contributed by atoms with Crippen LogP contribution in [-0.4, -0.2) is 0 Å². The van der Waals surface area contributed by atoms with Gasteiger partial charge >= 0.3 is 26.2 Å². The third kappa shape index (κ3) is 7.49. The standard InChI is InChI=1S/2C19H21.Zr/c2*1-2-15(16-7-3-4-8-16)11-12-18-14-13-17-9-5-6-10-19(17)18;/h2*3,5-7,9-10,14-15H,2,4,11-13H2,1H3;/q2*-1;+2. The summed E-state index contributed by atoms with van der Waals surface area (Å²) >= 11 is 0. The third-order valence-electron chi connectivity index (χ3n) is 8.70. The van der Waals surface area contributed by atoms with Gasteiger partial charge in [-0.2, -0.15) is 12.2 Å². The van der Waals surface area contributed by atoms with Crippen molar-refractivity contribution in [2.75, 3.05) is 0 Å². The normalized spacial score (nSPS) is 17.7. The Morgan fingerprint density at radius 2 is 1.08 bits per heavy atom. The molecule has 0 amide bonds. The molecule has 2 unspecified atom stereocenters. The Hall–Kier alpha value is -2.24. The molecule has 0 saturated heterocycles. The summed E-state index contributed by atoms with van der Waals surface area (Å²) < 4.78 is 0. The average Bonchev–Trinajstić information content (AvgIpc) is 3.78. The van der Waals surface area contributed by atoms with E-state index < -0.39 is 0 Å². The first-order valence-electron chi connectivity index (χ1n) is 14.9. The van der Waals surface area contributed by atoms with Crippen molar-refractivity contribution < 1.29 is 26.2 Å². The topological polar surface area (TPSA) is 0 Å². The SMILES string of the molecule is CCC(CCC1=CCc2ccccc21)C1=[C-]CC=C1.CCC(CCC1=CCc2ccccc21)C1=[C-]CC=C1.[Zr+2]. The van der Waals surface area contributed by atoms with E-state index in [-0.39, 0.29) is 26.2 Å². The molecule has 0 heterocycles. The molecule has 0 aliphatic heterocycles. The molecule has 4 aliphatic carbocycles. The first kappa shape index (κ1) is 29.7. The second-order valence-electron chi connectivity index (χ2n) is 10.9. The van der Waals surface area contributed by atoms with Gasteiger partial charge in [0.15, 0.2) is 0 Å². The van der Waals surface area contributed by atoms with Gasteiger partial charge in [0, 0.05) is 0 Å². The van der Waals surface area contributed by atoms with E-state index in [2.05, 4.69) is 111 Å². The smallest absolute Gasteiger partial charge is 0.269 e. The van der Waals surface area contributed by atoms with Crippen molar-refractivity contribution in [3.8, 4) is 0 Å². The summed E-state index contributed by atoms with van der Waals surface area (Å²) in [6.07, 6.45) is 32.4. The predicted octanol–water partition coefficient (Wildman–Crippen LogP) is 10.2.